The van der Waals surface area contributed by atoms with Crippen molar-refractivity contribution in [3.8, 4) is 22.9 Å². The Hall–Kier alpha value is -4.68. The van der Waals surface area contributed by atoms with Gasteiger partial charge in [-0.3, -0.25) is 28.9 Å². The largest absolute Gasteiger partial charge is 0.507 e. The summed E-state index contributed by atoms with van der Waals surface area (Å²) >= 11 is 5.64. The number of hydrogen-bond donors (Lipinski definition) is 6. The van der Waals surface area contributed by atoms with Crippen LogP contribution in [0.2, 0.25) is 0 Å². The van der Waals surface area contributed by atoms with E-state index in [1.54, 1.807) is 36.4 Å². The molecule has 0 spiro atoms. The van der Waals surface area contributed by atoms with Crippen molar-refractivity contribution >= 4 is 52.4 Å². The minimum absolute atomic E-state index is 0.209. The Morgan fingerprint density at radius 2 is 1.74 bits per heavy atom. The van der Waals surface area contributed by atoms with Crippen molar-refractivity contribution in [3.63, 3.8) is 0 Å². The topological polar surface area (TPSA) is 252 Å². The molecular weight excluding hydrogens is 630 g/mol. The minimum Gasteiger partial charge on any atom is -0.507 e. The molecular formula is C32H34ClN7O7. The summed E-state index contributed by atoms with van der Waals surface area (Å²) in [6.45, 7) is 0.397. The van der Waals surface area contributed by atoms with Crippen molar-refractivity contribution < 1.29 is 33.9 Å². The van der Waals surface area contributed by atoms with Gasteiger partial charge in [-0.2, -0.15) is 5.26 Å². The first-order valence-corrected chi connectivity index (χ1v) is 15.3. The number of phenolic OH excluding ortho intramolecular Hbond substituents is 1. The Balaban J connectivity index is 1.61. The second-order valence-corrected chi connectivity index (χ2v) is 13.0. The van der Waals surface area contributed by atoms with Gasteiger partial charge in [0.1, 0.15) is 11.7 Å². The zero-order valence-electron chi connectivity index (χ0n) is 25.6. The molecule has 0 saturated heterocycles. The van der Waals surface area contributed by atoms with Gasteiger partial charge in [0.05, 0.1) is 23.2 Å². The number of carbonyl (C=O) groups is 6. The number of fused-ring (bicyclic) bond motifs is 3. The van der Waals surface area contributed by atoms with E-state index in [4.69, 9.17) is 28.8 Å². The number of phenols is 1. The second-order valence-electron chi connectivity index (χ2n) is 12.6. The van der Waals surface area contributed by atoms with Crippen LogP contribution >= 0.6 is 11.6 Å². The molecule has 0 aliphatic heterocycles. The molecule has 2 fully saturated rings. The molecule has 9 N–H and O–H groups in total. The van der Waals surface area contributed by atoms with Crippen LogP contribution in [0.15, 0.2) is 36.4 Å². The van der Waals surface area contributed by atoms with E-state index in [1.807, 2.05) is 0 Å². The maximum Gasteiger partial charge on any atom is 0.319 e. The van der Waals surface area contributed by atoms with Crippen molar-refractivity contribution in [2.24, 2.45) is 34.5 Å². The van der Waals surface area contributed by atoms with Crippen LogP contribution in [0.5, 0.6) is 5.75 Å². The summed E-state index contributed by atoms with van der Waals surface area (Å²) in [5.74, 6) is -9.88. The highest BCUT2D eigenvalue weighted by atomic mass is 35.5. The number of amides is 3. The normalized spacial score (nSPS) is 29.8. The van der Waals surface area contributed by atoms with Crippen LogP contribution in [0.1, 0.15) is 28.8 Å². The molecule has 47 heavy (non-hydrogen) atoms. The Morgan fingerprint density at radius 3 is 2.32 bits per heavy atom. The SMILES string of the molecule is CN(C)[C@@H]1C(=O)C(C(N)=O)C(=O)[C@@]2(C#N)C(=O)C3C(=O)c4c(O)ccc(-c5ccc(NC(=O)NCCCCl)cc5)c4C[C@@]3(N)C[C@@]12N. The number of ketones is 4. The smallest absolute Gasteiger partial charge is 0.319 e. The summed E-state index contributed by atoms with van der Waals surface area (Å²) in [6.07, 6.45) is -0.121. The Labute approximate surface area is 274 Å². The molecule has 2 saturated carbocycles. The van der Waals surface area contributed by atoms with Gasteiger partial charge >= 0.3 is 6.03 Å². The number of urea groups is 1. The fourth-order valence-corrected chi connectivity index (χ4v) is 7.79. The fraction of sp³-hybridized carbons (Fsp3) is 0.406. The number of hydrogen-bond acceptors (Lipinski definition) is 11. The van der Waals surface area contributed by atoms with Gasteiger partial charge in [-0.1, -0.05) is 18.2 Å². The molecule has 0 bridgehead atoms. The lowest BCUT2D eigenvalue weighted by Crippen LogP contribution is -2.85. The zero-order valence-corrected chi connectivity index (χ0v) is 26.4. The highest BCUT2D eigenvalue weighted by molar-refractivity contribution is 6.33. The molecule has 3 aliphatic carbocycles. The number of nitriles is 1. The molecule has 14 nitrogen and oxygen atoms in total. The third-order valence-electron chi connectivity index (χ3n) is 9.52. The molecule has 2 unspecified atom stereocenters. The van der Waals surface area contributed by atoms with Crippen LogP contribution in [-0.4, -0.2) is 88.7 Å². The first-order valence-electron chi connectivity index (χ1n) is 14.8. The average Bonchev–Trinajstić information content (AvgIpc) is 2.97. The number of anilines is 1. The molecule has 2 aromatic rings. The van der Waals surface area contributed by atoms with Crippen molar-refractivity contribution in [2.75, 3.05) is 31.8 Å². The van der Waals surface area contributed by atoms with Gasteiger partial charge in [-0.15, -0.1) is 11.6 Å². The lowest BCUT2D eigenvalue weighted by atomic mass is 9.42. The number of rotatable bonds is 7. The molecule has 3 amide bonds. The monoisotopic (exact) mass is 663 g/mol. The highest BCUT2D eigenvalue weighted by Gasteiger charge is 2.78. The Morgan fingerprint density at radius 1 is 1.09 bits per heavy atom. The van der Waals surface area contributed by atoms with E-state index < -0.39 is 81.6 Å². The van der Waals surface area contributed by atoms with Gasteiger partial charge in [-0.05, 0) is 68.2 Å². The van der Waals surface area contributed by atoms with Crippen LogP contribution in [0, 0.1) is 28.6 Å². The predicted octanol–water partition coefficient (Wildman–Crippen LogP) is 0.226. The van der Waals surface area contributed by atoms with Gasteiger partial charge < -0.3 is 32.9 Å². The molecule has 0 radical (unpaired) electrons. The van der Waals surface area contributed by atoms with E-state index in [2.05, 4.69) is 10.6 Å². The number of carbonyl (C=O) groups excluding carboxylic acids is 6. The minimum atomic E-state index is -2.82. The van der Waals surface area contributed by atoms with Crippen molar-refractivity contribution in [3.05, 3.63) is 47.5 Å². The molecule has 2 aromatic carbocycles. The van der Waals surface area contributed by atoms with Crippen molar-refractivity contribution in [1.82, 2.24) is 10.2 Å². The summed E-state index contributed by atoms with van der Waals surface area (Å²) in [5, 5.41) is 26.8. The lowest BCUT2D eigenvalue weighted by Gasteiger charge is -2.60. The van der Waals surface area contributed by atoms with Gasteiger partial charge in [0.15, 0.2) is 34.5 Å². The molecule has 6 atom stereocenters. The molecule has 3 aliphatic rings. The number of primary amides is 1. The van der Waals surface area contributed by atoms with Crippen LogP contribution in [-0.2, 0) is 25.6 Å². The third kappa shape index (κ3) is 4.89. The van der Waals surface area contributed by atoms with E-state index >= 15 is 0 Å². The summed E-state index contributed by atoms with van der Waals surface area (Å²) in [7, 11) is 2.87. The number of Topliss-reactive ketones (excluding diaryl/α,β-unsaturated/α-hetero) is 4. The molecule has 0 aromatic heterocycles. The number of halogens is 1. The quantitative estimate of drug-likeness (QED) is 0.133. The number of nitrogens with one attached hydrogen (secondary N) is 2. The number of nitrogens with zero attached hydrogens (tertiary/aromatic N) is 2. The van der Waals surface area contributed by atoms with E-state index in [0.29, 0.717) is 41.2 Å². The highest BCUT2D eigenvalue weighted by Crippen LogP contribution is 2.57. The number of likely N-dealkylation sites (N-methyl/N-ethyl adjacent to an activating group) is 1. The van der Waals surface area contributed by atoms with E-state index in [0.717, 1.165) is 0 Å². The molecule has 5 rings (SSSR count). The maximum absolute atomic E-state index is 14.5. The Kier molecular flexibility index (Phi) is 8.48. The van der Waals surface area contributed by atoms with Crippen LogP contribution in [0.25, 0.3) is 11.1 Å². The average molecular weight is 664 g/mol. The van der Waals surface area contributed by atoms with Gasteiger partial charge in [0.25, 0.3) is 0 Å². The molecule has 246 valence electrons. The van der Waals surface area contributed by atoms with Gasteiger partial charge in [-0.25, -0.2) is 4.79 Å². The Bertz CT molecular complexity index is 1770. The third-order valence-corrected chi connectivity index (χ3v) is 9.79. The van der Waals surface area contributed by atoms with Gasteiger partial charge in [0, 0.05) is 23.7 Å². The number of benzene rings is 2. The first kappa shape index (κ1) is 33.7. The lowest BCUT2D eigenvalue weighted by molar-refractivity contribution is -0.166. The zero-order chi connectivity index (χ0) is 34.6. The molecule has 0 heterocycles. The van der Waals surface area contributed by atoms with E-state index in [1.165, 1.54) is 25.1 Å². The standard InChI is InChI=1S/C32H34ClN7O7/c1-40(2)25-24(43)21(28(35)46)26(44)31(14-34)27(45)22-23(42)20-18(12-30(22,36)13-32(25,31)37)17(8-9-19(20)41)15-4-6-16(7-5-15)39-29(47)38-11-3-10-33/h4-9,21-22,25,41H,3,10-13,36-37H2,1-2H3,(H2,35,46)(H2,38,39,47)/t21?,22?,25-,30-,31+,32-/m1/s1. The van der Waals surface area contributed by atoms with Gasteiger partial charge in [0.2, 0.25) is 5.91 Å². The first-order chi connectivity index (χ1) is 22.1. The second kappa shape index (κ2) is 11.8. The van der Waals surface area contributed by atoms with E-state index in [-0.39, 0.29) is 12.0 Å². The van der Waals surface area contributed by atoms with Crippen LogP contribution in [0.4, 0.5) is 10.5 Å². The van der Waals surface area contributed by atoms with Crippen LogP contribution in [0.3, 0.4) is 0 Å². The molecule has 15 heteroatoms. The van der Waals surface area contributed by atoms with Crippen molar-refractivity contribution in [1.29, 1.82) is 5.26 Å². The van der Waals surface area contributed by atoms with E-state index in [9.17, 15) is 39.1 Å². The number of nitrogens with two attached hydrogens (primary N) is 3. The van der Waals surface area contributed by atoms with Crippen molar-refractivity contribution in [2.45, 2.75) is 36.4 Å². The number of alkyl halides is 1. The summed E-state index contributed by atoms with van der Waals surface area (Å²) in [5.41, 5.74) is 13.9. The maximum atomic E-state index is 14.5. The van der Waals surface area contributed by atoms with Crippen LogP contribution < -0.4 is 27.8 Å². The summed E-state index contributed by atoms with van der Waals surface area (Å²) < 4.78 is 0. The summed E-state index contributed by atoms with van der Waals surface area (Å²) in [4.78, 5) is 81.9. The summed E-state index contributed by atoms with van der Waals surface area (Å²) in [6, 6.07) is 9.26. The predicted molar refractivity (Wildman–Crippen MR) is 169 cm³/mol. The number of aromatic hydroxyl groups is 1. The fourth-order valence-electron chi connectivity index (χ4n) is 7.65.